The Morgan fingerprint density at radius 1 is 1.18 bits per heavy atom. The van der Waals surface area contributed by atoms with Gasteiger partial charge in [0.1, 0.15) is 5.82 Å². The molecule has 2 aromatic heterocycles. The molecule has 0 radical (unpaired) electrons. The van der Waals surface area contributed by atoms with E-state index in [4.69, 9.17) is 0 Å². The first-order valence-electron chi connectivity index (χ1n) is 7.50. The summed E-state index contributed by atoms with van der Waals surface area (Å²) in [5.41, 5.74) is 3.17. The van der Waals surface area contributed by atoms with E-state index in [1.807, 2.05) is 25.4 Å². The van der Waals surface area contributed by atoms with Crippen LogP contribution in [0.5, 0.6) is 0 Å². The van der Waals surface area contributed by atoms with E-state index in [0.717, 1.165) is 29.1 Å². The van der Waals surface area contributed by atoms with E-state index in [0.29, 0.717) is 6.04 Å². The molecule has 5 heteroatoms. The Balaban J connectivity index is 1.92. The Labute approximate surface area is 130 Å². The lowest BCUT2D eigenvalue weighted by atomic mass is 10.2. The predicted octanol–water partition coefficient (Wildman–Crippen LogP) is 3.40. The van der Waals surface area contributed by atoms with Gasteiger partial charge in [-0.3, -0.25) is 4.68 Å². The monoisotopic (exact) mass is 295 g/mol. The maximum Gasteiger partial charge on any atom is 0.161 e. The summed E-state index contributed by atoms with van der Waals surface area (Å²) < 4.78 is 1.80. The van der Waals surface area contributed by atoms with Crippen LogP contribution in [0.3, 0.4) is 0 Å². The van der Waals surface area contributed by atoms with Crippen molar-refractivity contribution in [1.82, 2.24) is 14.8 Å². The normalized spacial score (nSPS) is 11.1. The molecule has 2 N–H and O–H groups in total. The van der Waals surface area contributed by atoms with E-state index < -0.39 is 0 Å². The van der Waals surface area contributed by atoms with Crippen molar-refractivity contribution in [3.05, 3.63) is 48.2 Å². The topological polar surface area (TPSA) is 54.8 Å². The number of pyridine rings is 1. The molecule has 5 nitrogen and oxygen atoms in total. The summed E-state index contributed by atoms with van der Waals surface area (Å²) in [6.45, 7) is 4.98. The van der Waals surface area contributed by atoms with Crippen molar-refractivity contribution in [2.45, 2.75) is 26.4 Å². The summed E-state index contributed by atoms with van der Waals surface area (Å²) in [7, 11) is 1.91. The minimum Gasteiger partial charge on any atom is -0.380 e. The number of nitrogens with zero attached hydrogens (tertiary/aromatic N) is 3. The maximum atomic E-state index is 4.64. The fraction of sp³-hybridized carbons (Fsp3) is 0.294. The number of aromatic nitrogens is 3. The van der Waals surface area contributed by atoms with Crippen LogP contribution in [0.25, 0.3) is 11.0 Å². The lowest BCUT2D eigenvalue weighted by Crippen LogP contribution is -2.12. The molecule has 0 aliphatic rings. The highest BCUT2D eigenvalue weighted by Crippen LogP contribution is 2.25. The summed E-state index contributed by atoms with van der Waals surface area (Å²) in [6, 6.07) is 12.7. The van der Waals surface area contributed by atoms with E-state index in [2.05, 4.69) is 58.8 Å². The number of aryl methyl sites for hydroxylation is 1. The molecule has 114 valence electrons. The molecule has 0 bridgehead atoms. The van der Waals surface area contributed by atoms with E-state index in [9.17, 15) is 0 Å². The largest absolute Gasteiger partial charge is 0.380 e. The zero-order valence-corrected chi connectivity index (χ0v) is 13.2. The van der Waals surface area contributed by atoms with Gasteiger partial charge in [-0.15, -0.1) is 0 Å². The van der Waals surface area contributed by atoms with Gasteiger partial charge in [-0.2, -0.15) is 5.10 Å². The Morgan fingerprint density at radius 2 is 1.95 bits per heavy atom. The molecule has 3 aromatic rings. The summed E-state index contributed by atoms with van der Waals surface area (Å²) in [5, 5.41) is 12.2. The first kappa shape index (κ1) is 14.4. The molecule has 0 spiro atoms. The van der Waals surface area contributed by atoms with E-state index in [-0.39, 0.29) is 0 Å². The van der Waals surface area contributed by atoms with Gasteiger partial charge in [-0.1, -0.05) is 30.3 Å². The number of rotatable bonds is 5. The Kier molecular flexibility index (Phi) is 3.96. The summed E-state index contributed by atoms with van der Waals surface area (Å²) in [4.78, 5) is 4.64. The highest BCUT2D eigenvalue weighted by molar-refractivity contribution is 5.90. The van der Waals surface area contributed by atoms with Crippen LogP contribution in [0.2, 0.25) is 0 Å². The summed E-state index contributed by atoms with van der Waals surface area (Å²) in [6.07, 6.45) is 1.86. The molecular weight excluding hydrogens is 274 g/mol. The van der Waals surface area contributed by atoms with E-state index in [1.54, 1.807) is 4.68 Å². The molecule has 0 amide bonds. The molecule has 0 saturated heterocycles. The molecule has 3 rings (SSSR count). The minimum absolute atomic E-state index is 0.333. The third-order valence-corrected chi connectivity index (χ3v) is 3.47. The average molecular weight is 295 g/mol. The third-order valence-electron chi connectivity index (χ3n) is 3.47. The summed E-state index contributed by atoms with van der Waals surface area (Å²) >= 11 is 0. The van der Waals surface area contributed by atoms with Crippen molar-refractivity contribution in [2.24, 2.45) is 7.05 Å². The van der Waals surface area contributed by atoms with Gasteiger partial charge in [0, 0.05) is 25.7 Å². The van der Waals surface area contributed by atoms with Crippen LogP contribution in [0, 0.1) is 0 Å². The van der Waals surface area contributed by atoms with Gasteiger partial charge in [0.05, 0.1) is 17.3 Å². The molecule has 2 heterocycles. The number of anilines is 2. The first-order valence-corrected chi connectivity index (χ1v) is 7.50. The van der Waals surface area contributed by atoms with Crippen LogP contribution in [0.1, 0.15) is 19.4 Å². The van der Waals surface area contributed by atoms with Gasteiger partial charge < -0.3 is 10.6 Å². The predicted molar refractivity (Wildman–Crippen MR) is 91.0 cm³/mol. The van der Waals surface area contributed by atoms with Crippen LogP contribution in [0.15, 0.2) is 42.6 Å². The van der Waals surface area contributed by atoms with Crippen LogP contribution in [0.4, 0.5) is 11.5 Å². The van der Waals surface area contributed by atoms with Gasteiger partial charge in [0.25, 0.3) is 0 Å². The van der Waals surface area contributed by atoms with E-state index in [1.165, 1.54) is 5.56 Å². The molecule has 0 aliphatic carbocycles. The zero-order chi connectivity index (χ0) is 15.5. The average Bonchev–Trinajstić information content (AvgIpc) is 2.87. The van der Waals surface area contributed by atoms with Crippen molar-refractivity contribution in [2.75, 3.05) is 10.6 Å². The van der Waals surface area contributed by atoms with Gasteiger partial charge in [0.15, 0.2) is 5.65 Å². The maximum absolute atomic E-state index is 4.64. The standard InChI is InChI=1S/C17H21N5/c1-12(2)20-16-9-15(14-11-19-22(3)17(14)21-16)18-10-13-7-5-4-6-8-13/h4-9,11-12H,10H2,1-3H3,(H2,18,20,21). The van der Waals surface area contributed by atoms with Gasteiger partial charge in [-0.25, -0.2) is 4.98 Å². The Bertz CT molecular complexity index is 761. The van der Waals surface area contributed by atoms with Crippen molar-refractivity contribution in [3.8, 4) is 0 Å². The van der Waals surface area contributed by atoms with Gasteiger partial charge >= 0.3 is 0 Å². The molecule has 0 fully saturated rings. The molecule has 0 unspecified atom stereocenters. The molecule has 0 aliphatic heterocycles. The highest BCUT2D eigenvalue weighted by Gasteiger charge is 2.10. The Hall–Kier alpha value is -2.56. The number of hydrogen-bond donors (Lipinski definition) is 2. The lowest BCUT2D eigenvalue weighted by Gasteiger charge is -2.13. The second-order valence-corrected chi connectivity index (χ2v) is 5.70. The SMILES string of the molecule is CC(C)Nc1cc(NCc2ccccc2)c2cnn(C)c2n1. The molecule has 0 saturated carbocycles. The Morgan fingerprint density at radius 3 is 2.68 bits per heavy atom. The second-order valence-electron chi connectivity index (χ2n) is 5.70. The first-order chi connectivity index (χ1) is 10.6. The van der Waals surface area contributed by atoms with Crippen molar-refractivity contribution in [1.29, 1.82) is 0 Å². The van der Waals surface area contributed by atoms with Crippen molar-refractivity contribution >= 4 is 22.5 Å². The van der Waals surface area contributed by atoms with Crippen molar-refractivity contribution in [3.63, 3.8) is 0 Å². The van der Waals surface area contributed by atoms with E-state index >= 15 is 0 Å². The second kappa shape index (κ2) is 6.05. The molecule has 0 atom stereocenters. The molecule has 22 heavy (non-hydrogen) atoms. The quantitative estimate of drug-likeness (QED) is 0.757. The van der Waals surface area contributed by atoms with Crippen LogP contribution < -0.4 is 10.6 Å². The fourth-order valence-corrected chi connectivity index (χ4v) is 2.42. The summed E-state index contributed by atoms with van der Waals surface area (Å²) in [5.74, 6) is 0.863. The number of nitrogens with one attached hydrogen (secondary N) is 2. The number of benzene rings is 1. The smallest absolute Gasteiger partial charge is 0.161 e. The number of fused-ring (bicyclic) bond motifs is 1. The minimum atomic E-state index is 0.333. The van der Waals surface area contributed by atoms with Gasteiger partial charge in [0.2, 0.25) is 0 Å². The molecular formula is C17H21N5. The fourth-order valence-electron chi connectivity index (χ4n) is 2.42. The highest BCUT2D eigenvalue weighted by atomic mass is 15.3. The van der Waals surface area contributed by atoms with Gasteiger partial charge in [-0.05, 0) is 19.4 Å². The van der Waals surface area contributed by atoms with Crippen LogP contribution >= 0.6 is 0 Å². The zero-order valence-electron chi connectivity index (χ0n) is 13.2. The number of hydrogen-bond acceptors (Lipinski definition) is 4. The van der Waals surface area contributed by atoms with Crippen LogP contribution in [-0.4, -0.2) is 20.8 Å². The van der Waals surface area contributed by atoms with Crippen LogP contribution in [-0.2, 0) is 13.6 Å². The lowest BCUT2D eigenvalue weighted by molar-refractivity contribution is 0.785. The third kappa shape index (κ3) is 3.03. The van der Waals surface area contributed by atoms with Crippen molar-refractivity contribution < 1.29 is 0 Å². The molecule has 1 aromatic carbocycles.